The first-order chi connectivity index (χ1) is 10.1. The maximum atomic E-state index is 11.6. The second-order valence-electron chi connectivity index (χ2n) is 4.38. The molecule has 5 nitrogen and oxygen atoms in total. The summed E-state index contributed by atoms with van der Waals surface area (Å²) >= 11 is 0. The Kier molecular flexibility index (Phi) is 4.93. The van der Waals surface area contributed by atoms with Crippen molar-refractivity contribution in [2.24, 2.45) is 0 Å². The Morgan fingerprint density at radius 3 is 2.29 bits per heavy atom. The fraction of sp³-hybridized carbons (Fsp3) is 0.125. The molecule has 2 rings (SSSR count). The Morgan fingerprint density at radius 1 is 1.00 bits per heavy atom. The average Bonchev–Trinajstić information content (AvgIpc) is 2.52. The number of hydrogen-bond donors (Lipinski definition) is 2. The molecule has 0 aliphatic rings. The molecular weight excluding hydrogens is 270 g/mol. The van der Waals surface area contributed by atoms with Crippen molar-refractivity contribution in [1.82, 2.24) is 5.32 Å². The minimum absolute atomic E-state index is 0.0583. The van der Waals surface area contributed by atoms with Crippen LogP contribution in [0.25, 0.3) is 0 Å². The molecule has 1 amide bonds. The van der Waals surface area contributed by atoms with Gasteiger partial charge in [-0.2, -0.15) is 0 Å². The van der Waals surface area contributed by atoms with Gasteiger partial charge in [0.2, 0.25) is 0 Å². The van der Waals surface area contributed by atoms with Crippen molar-refractivity contribution in [3.8, 4) is 5.75 Å². The summed E-state index contributed by atoms with van der Waals surface area (Å²) in [4.78, 5) is 22.3. The van der Waals surface area contributed by atoms with Crippen LogP contribution in [0.4, 0.5) is 0 Å². The molecule has 2 aromatic rings. The maximum Gasteiger partial charge on any atom is 0.335 e. The Morgan fingerprint density at radius 2 is 1.67 bits per heavy atom. The van der Waals surface area contributed by atoms with Gasteiger partial charge in [-0.25, -0.2) is 4.79 Å². The zero-order valence-corrected chi connectivity index (χ0v) is 11.3. The quantitative estimate of drug-likeness (QED) is 0.852. The number of amides is 1. The monoisotopic (exact) mass is 285 g/mol. The molecule has 21 heavy (non-hydrogen) atoms. The number of ether oxygens (including phenoxy) is 1. The summed E-state index contributed by atoms with van der Waals surface area (Å²) in [6, 6.07) is 15.4. The first-order valence-corrected chi connectivity index (χ1v) is 6.42. The van der Waals surface area contributed by atoms with E-state index in [1.807, 2.05) is 18.2 Å². The molecule has 0 aliphatic carbocycles. The second-order valence-corrected chi connectivity index (χ2v) is 4.38. The second kappa shape index (κ2) is 7.09. The van der Waals surface area contributed by atoms with E-state index < -0.39 is 5.97 Å². The highest BCUT2D eigenvalue weighted by Crippen LogP contribution is 2.08. The van der Waals surface area contributed by atoms with Crippen molar-refractivity contribution in [2.45, 2.75) is 6.54 Å². The number of aromatic carboxylic acids is 1. The molecule has 0 bridgehead atoms. The number of carboxylic acids is 1. The number of nitrogens with one attached hydrogen (secondary N) is 1. The number of carboxylic acid groups (broad SMARTS) is 1. The van der Waals surface area contributed by atoms with Crippen LogP contribution in [0.2, 0.25) is 0 Å². The van der Waals surface area contributed by atoms with Crippen molar-refractivity contribution >= 4 is 11.9 Å². The van der Waals surface area contributed by atoms with E-state index in [0.717, 1.165) is 5.56 Å². The minimum atomic E-state index is -0.971. The van der Waals surface area contributed by atoms with Crippen LogP contribution in [-0.4, -0.2) is 23.6 Å². The minimum Gasteiger partial charge on any atom is -0.484 e. The number of hydrogen-bond acceptors (Lipinski definition) is 3. The third-order valence-electron chi connectivity index (χ3n) is 2.80. The molecule has 2 N–H and O–H groups in total. The van der Waals surface area contributed by atoms with E-state index in [1.165, 1.54) is 12.1 Å². The van der Waals surface area contributed by atoms with Gasteiger partial charge in [0, 0.05) is 6.54 Å². The summed E-state index contributed by atoms with van der Waals surface area (Å²) in [6.45, 7) is 0.272. The van der Waals surface area contributed by atoms with Gasteiger partial charge >= 0.3 is 5.97 Å². The van der Waals surface area contributed by atoms with Gasteiger partial charge in [0.15, 0.2) is 6.61 Å². The predicted molar refractivity (Wildman–Crippen MR) is 77.2 cm³/mol. The summed E-state index contributed by atoms with van der Waals surface area (Å²) in [5, 5.41) is 11.5. The van der Waals surface area contributed by atoms with Crippen LogP contribution in [0.1, 0.15) is 15.9 Å². The van der Waals surface area contributed by atoms with E-state index in [9.17, 15) is 9.59 Å². The first-order valence-electron chi connectivity index (χ1n) is 6.42. The Labute approximate surface area is 122 Å². The van der Waals surface area contributed by atoms with Crippen LogP contribution in [-0.2, 0) is 11.3 Å². The fourth-order valence-electron chi connectivity index (χ4n) is 1.68. The van der Waals surface area contributed by atoms with Gasteiger partial charge in [-0.1, -0.05) is 30.3 Å². The van der Waals surface area contributed by atoms with Crippen molar-refractivity contribution in [3.63, 3.8) is 0 Å². The lowest BCUT2D eigenvalue weighted by molar-refractivity contribution is -0.123. The summed E-state index contributed by atoms with van der Waals surface area (Å²) in [5.74, 6) is -0.568. The van der Waals surface area contributed by atoms with Crippen LogP contribution in [0, 0.1) is 0 Å². The highest BCUT2D eigenvalue weighted by molar-refractivity contribution is 5.87. The third-order valence-corrected chi connectivity index (χ3v) is 2.80. The van der Waals surface area contributed by atoms with E-state index in [-0.39, 0.29) is 18.1 Å². The summed E-state index contributed by atoms with van der Waals surface area (Å²) in [7, 11) is 0. The number of carbonyl (C=O) groups is 2. The molecule has 0 spiro atoms. The molecule has 0 saturated heterocycles. The van der Waals surface area contributed by atoms with Crippen LogP contribution in [0.5, 0.6) is 5.75 Å². The smallest absolute Gasteiger partial charge is 0.335 e. The van der Waals surface area contributed by atoms with E-state index in [0.29, 0.717) is 12.3 Å². The molecule has 0 heterocycles. The molecule has 0 aliphatic heterocycles. The van der Waals surface area contributed by atoms with Crippen LogP contribution in [0.15, 0.2) is 54.6 Å². The molecule has 2 aromatic carbocycles. The zero-order valence-electron chi connectivity index (χ0n) is 11.3. The molecule has 0 atom stereocenters. The average molecular weight is 285 g/mol. The fourth-order valence-corrected chi connectivity index (χ4v) is 1.68. The predicted octanol–water partition coefficient (Wildman–Crippen LogP) is 2.08. The van der Waals surface area contributed by atoms with E-state index >= 15 is 0 Å². The zero-order chi connectivity index (χ0) is 15.1. The lowest BCUT2D eigenvalue weighted by atomic mass is 10.1. The molecule has 0 fully saturated rings. The van der Waals surface area contributed by atoms with Gasteiger partial charge in [-0.15, -0.1) is 0 Å². The number of rotatable bonds is 6. The number of benzene rings is 2. The largest absolute Gasteiger partial charge is 0.484 e. The SMILES string of the molecule is O=C(COc1ccccc1)NCc1ccc(C(=O)O)cc1. The van der Waals surface area contributed by atoms with Crippen molar-refractivity contribution < 1.29 is 19.4 Å². The van der Waals surface area contributed by atoms with E-state index in [1.54, 1.807) is 24.3 Å². The van der Waals surface area contributed by atoms with Gasteiger partial charge in [0.25, 0.3) is 5.91 Å². The van der Waals surface area contributed by atoms with E-state index in [2.05, 4.69) is 5.32 Å². The molecule has 0 saturated carbocycles. The normalized spacial score (nSPS) is 9.90. The molecule has 108 valence electrons. The number of para-hydroxylation sites is 1. The molecule has 0 unspecified atom stereocenters. The Hall–Kier alpha value is -2.82. The van der Waals surface area contributed by atoms with Crippen molar-refractivity contribution in [1.29, 1.82) is 0 Å². The van der Waals surface area contributed by atoms with Gasteiger partial charge in [-0.3, -0.25) is 4.79 Å². The lowest BCUT2D eigenvalue weighted by Crippen LogP contribution is -2.28. The number of carbonyl (C=O) groups excluding carboxylic acids is 1. The van der Waals surface area contributed by atoms with Gasteiger partial charge in [0.05, 0.1) is 5.56 Å². The summed E-state index contributed by atoms with van der Waals surface area (Å²) < 4.78 is 5.32. The van der Waals surface area contributed by atoms with E-state index in [4.69, 9.17) is 9.84 Å². The first kappa shape index (κ1) is 14.6. The topological polar surface area (TPSA) is 75.6 Å². The standard InChI is InChI=1S/C16H15NO4/c18-15(11-21-14-4-2-1-3-5-14)17-10-12-6-8-13(9-7-12)16(19)20/h1-9H,10-11H2,(H,17,18)(H,19,20). The Bertz CT molecular complexity index is 608. The molecule has 0 aromatic heterocycles. The highest BCUT2D eigenvalue weighted by Gasteiger charge is 2.04. The summed E-state index contributed by atoms with van der Waals surface area (Å²) in [5.41, 5.74) is 1.05. The lowest BCUT2D eigenvalue weighted by Gasteiger charge is -2.07. The van der Waals surface area contributed by atoms with Gasteiger partial charge in [0.1, 0.15) is 5.75 Å². The van der Waals surface area contributed by atoms with Crippen molar-refractivity contribution in [3.05, 3.63) is 65.7 Å². The third kappa shape index (κ3) is 4.65. The van der Waals surface area contributed by atoms with Crippen molar-refractivity contribution in [2.75, 3.05) is 6.61 Å². The Balaban J connectivity index is 1.77. The molecular formula is C16H15NO4. The van der Waals surface area contributed by atoms with Gasteiger partial charge < -0.3 is 15.2 Å². The van der Waals surface area contributed by atoms with Crippen LogP contribution < -0.4 is 10.1 Å². The van der Waals surface area contributed by atoms with Crippen LogP contribution in [0.3, 0.4) is 0 Å². The van der Waals surface area contributed by atoms with Crippen LogP contribution >= 0.6 is 0 Å². The molecule has 5 heteroatoms. The maximum absolute atomic E-state index is 11.6. The molecule has 0 radical (unpaired) electrons. The highest BCUT2D eigenvalue weighted by atomic mass is 16.5. The summed E-state index contributed by atoms with van der Waals surface area (Å²) in [6.07, 6.45) is 0. The van der Waals surface area contributed by atoms with Gasteiger partial charge in [-0.05, 0) is 29.8 Å².